The van der Waals surface area contributed by atoms with E-state index in [9.17, 15) is 0 Å². The molecule has 0 radical (unpaired) electrons. The maximum absolute atomic E-state index is 3.66. The second-order valence-corrected chi connectivity index (χ2v) is 6.34. The van der Waals surface area contributed by atoms with Crippen molar-refractivity contribution in [2.45, 2.75) is 19.9 Å². The SMILES string of the molecule is CCNC(c1ccc(Br)cc1)c1cc(C)ccc1Br. The van der Waals surface area contributed by atoms with Crippen molar-refractivity contribution >= 4 is 31.9 Å². The predicted molar refractivity (Wildman–Crippen MR) is 88.5 cm³/mol. The molecule has 2 aromatic carbocycles. The molecule has 0 aliphatic rings. The van der Waals surface area contributed by atoms with Crippen LogP contribution in [-0.4, -0.2) is 6.54 Å². The largest absolute Gasteiger partial charge is 0.306 e. The summed E-state index contributed by atoms with van der Waals surface area (Å²) in [7, 11) is 0. The lowest BCUT2D eigenvalue weighted by Crippen LogP contribution is -2.22. The first-order chi connectivity index (χ1) is 9.11. The van der Waals surface area contributed by atoms with Gasteiger partial charge in [-0.3, -0.25) is 0 Å². The number of hydrogen-bond donors (Lipinski definition) is 1. The molecule has 1 nitrogen and oxygen atoms in total. The molecule has 19 heavy (non-hydrogen) atoms. The van der Waals surface area contributed by atoms with Crippen LogP contribution in [-0.2, 0) is 0 Å². The summed E-state index contributed by atoms with van der Waals surface area (Å²) < 4.78 is 2.25. The molecule has 2 aromatic rings. The van der Waals surface area contributed by atoms with Crippen molar-refractivity contribution in [3.63, 3.8) is 0 Å². The molecule has 0 spiro atoms. The topological polar surface area (TPSA) is 12.0 Å². The van der Waals surface area contributed by atoms with E-state index in [-0.39, 0.29) is 6.04 Å². The second-order valence-electron chi connectivity index (χ2n) is 4.57. The van der Waals surface area contributed by atoms with Gasteiger partial charge in [-0.1, -0.05) is 68.6 Å². The van der Waals surface area contributed by atoms with E-state index < -0.39 is 0 Å². The highest BCUT2D eigenvalue weighted by molar-refractivity contribution is 9.10. The highest BCUT2D eigenvalue weighted by atomic mass is 79.9. The van der Waals surface area contributed by atoms with Crippen LogP contribution in [0.15, 0.2) is 51.4 Å². The van der Waals surface area contributed by atoms with Gasteiger partial charge in [0.1, 0.15) is 0 Å². The molecule has 1 unspecified atom stereocenters. The first kappa shape index (κ1) is 14.8. The van der Waals surface area contributed by atoms with E-state index in [1.165, 1.54) is 16.7 Å². The van der Waals surface area contributed by atoms with Crippen molar-refractivity contribution in [2.24, 2.45) is 0 Å². The maximum atomic E-state index is 3.66. The Morgan fingerprint density at radius 1 is 1.05 bits per heavy atom. The monoisotopic (exact) mass is 381 g/mol. The van der Waals surface area contributed by atoms with Gasteiger partial charge in [0, 0.05) is 8.95 Å². The summed E-state index contributed by atoms with van der Waals surface area (Å²) in [5.41, 5.74) is 3.83. The summed E-state index contributed by atoms with van der Waals surface area (Å²) in [4.78, 5) is 0. The van der Waals surface area contributed by atoms with Crippen LogP contribution in [0, 0.1) is 6.92 Å². The van der Waals surface area contributed by atoms with Gasteiger partial charge in [0.15, 0.2) is 0 Å². The van der Waals surface area contributed by atoms with E-state index in [1.807, 2.05) is 0 Å². The van der Waals surface area contributed by atoms with Gasteiger partial charge in [-0.15, -0.1) is 0 Å². The lowest BCUT2D eigenvalue weighted by atomic mass is 9.97. The van der Waals surface area contributed by atoms with Crippen molar-refractivity contribution in [1.82, 2.24) is 5.32 Å². The van der Waals surface area contributed by atoms with Crippen molar-refractivity contribution in [2.75, 3.05) is 6.54 Å². The molecular weight excluding hydrogens is 366 g/mol. The van der Waals surface area contributed by atoms with Gasteiger partial charge in [0.25, 0.3) is 0 Å². The van der Waals surface area contributed by atoms with Gasteiger partial charge >= 0.3 is 0 Å². The number of aryl methyl sites for hydroxylation is 1. The Morgan fingerprint density at radius 3 is 2.37 bits per heavy atom. The Labute approximate surface area is 131 Å². The lowest BCUT2D eigenvalue weighted by molar-refractivity contribution is 0.628. The molecule has 0 amide bonds. The van der Waals surface area contributed by atoms with E-state index in [0.717, 1.165) is 15.5 Å². The first-order valence-electron chi connectivity index (χ1n) is 6.36. The fourth-order valence-corrected chi connectivity index (χ4v) is 2.89. The van der Waals surface area contributed by atoms with Crippen LogP contribution in [0.4, 0.5) is 0 Å². The molecule has 0 saturated carbocycles. The Morgan fingerprint density at radius 2 is 1.74 bits per heavy atom. The molecule has 0 aliphatic heterocycles. The third-order valence-electron chi connectivity index (χ3n) is 3.07. The van der Waals surface area contributed by atoms with E-state index >= 15 is 0 Å². The smallest absolute Gasteiger partial charge is 0.0587 e. The Balaban J connectivity index is 2.44. The highest BCUT2D eigenvalue weighted by Gasteiger charge is 2.15. The van der Waals surface area contributed by atoms with Crippen LogP contribution in [0.1, 0.15) is 29.7 Å². The van der Waals surface area contributed by atoms with E-state index in [4.69, 9.17) is 0 Å². The fourth-order valence-electron chi connectivity index (χ4n) is 2.15. The normalized spacial score (nSPS) is 12.4. The molecule has 3 heteroatoms. The minimum atomic E-state index is 0.215. The van der Waals surface area contributed by atoms with Gasteiger partial charge in [-0.2, -0.15) is 0 Å². The van der Waals surface area contributed by atoms with E-state index in [0.29, 0.717) is 0 Å². The molecule has 0 heterocycles. The molecular formula is C16H17Br2N. The van der Waals surface area contributed by atoms with Crippen LogP contribution >= 0.6 is 31.9 Å². The van der Waals surface area contributed by atoms with E-state index in [2.05, 4.69) is 93.5 Å². The van der Waals surface area contributed by atoms with Gasteiger partial charge in [0.05, 0.1) is 6.04 Å². The summed E-state index contributed by atoms with van der Waals surface area (Å²) in [5.74, 6) is 0. The third-order valence-corrected chi connectivity index (χ3v) is 4.32. The zero-order valence-electron chi connectivity index (χ0n) is 11.1. The molecule has 0 aliphatic carbocycles. The number of rotatable bonds is 4. The third kappa shape index (κ3) is 3.68. The maximum Gasteiger partial charge on any atom is 0.0587 e. The Kier molecular flexibility index (Phi) is 5.20. The van der Waals surface area contributed by atoms with Crippen molar-refractivity contribution in [3.05, 3.63) is 68.1 Å². The molecule has 0 saturated heterocycles. The van der Waals surface area contributed by atoms with Crippen molar-refractivity contribution in [1.29, 1.82) is 0 Å². The molecule has 1 N–H and O–H groups in total. The number of halogens is 2. The van der Waals surface area contributed by atoms with Crippen LogP contribution in [0.3, 0.4) is 0 Å². The fraction of sp³-hybridized carbons (Fsp3) is 0.250. The number of nitrogens with one attached hydrogen (secondary N) is 1. The van der Waals surface area contributed by atoms with E-state index in [1.54, 1.807) is 0 Å². The first-order valence-corrected chi connectivity index (χ1v) is 7.95. The highest BCUT2D eigenvalue weighted by Crippen LogP contribution is 2.30. The standard InChI is InChI=1S/C16H17Br2N/c1-3-19-16(12-5-7-13(17)8-6-12)14-10-11(2)4-9-15(14)18/h4-10,16,19H,3H2,1-2H3. The van der Waals surface area contributed by atoms with Crippen molar-refractivity contribution in [3.8, 4) is 0 Å². The summed E-state index contributed by atoms with van der Waals surface area (Å²) in [5, 5.41) is 3.56. The summed E-state index contributed by atoms with van der Waals surface area (Å²) >= 11 is 7.15. The van der Waals surface area contributed by atoms with Gasteiger partial charge < -0.3 is 5.32 Å². The van der Waals surface area contributed by atoms with Gasteiger partial charge in [-0.05, 0) is 42.8 Å². The molecule has 1 atom stereocenters. The average molecular weight is 383 g/mol. The molecule has 0 bridgehead atoms. The van der Waals surface area contributed by atoms with Gasteiger partial charge in [-0.25, -0.2) is 0 Å². The molecule has 2 rings (SSSR count). The summed E-state index contributed by atoms with van der Waals surface area (Å²) in [6.45, 7) is 5.19. The van der Waals surface area contributed by atoms with Crippen LogP contribution < -0.4 is 5.32 Å². The lowest BCUT2D eigenvalue weighted by Gasteiger charge is -2.21. The van der Waals surface area contributed by atoms with Crippen LogP contribution in [0.5, 0.6) is 0 Å². The zero-order chi connectivity index (χ0) is 13.8. The molecule has 0 aromatic heterocycles. The van der Waals surface area contributed by atoms with Gasteiger partial charge in [0.2, 0.25) is 0 Å². The summed E-state index contributed by atoms with van der Waals surface area (Å²) in [6.07, 6.45) is 0. The van der Waals surface area contributed by atoms with Crippen LogP contribution in [0.25, 0.3) is 0 Å². The predicted octanol–water partition coefficient (Wildman–Crippen LogP) is 5.22. The zero-order valence-corrected chi connectivity index (χ0v) is 14.3. The van der Waals surface area contributed by atoms with Crippen molar-refractivity contribution < 1.29 is 0 Å². The Bertz CT molecular complexity index is 549. The van der Waals surface area contributed by atoms with Crippen LogP contribution in [0.2, 0.25) is 0 Å². The molecule has 100 valence electrons. The summed E-state index contributed by atoms with van der Waals surface area (Å²) in [6, 6.07) is 15.2. The molecule has 0 fully saturated rings. The quantitative estimate of drug-likeness (QED) is 0.764. The Hall–Kier alpha value is -0.640. The second kappa shape index (κ2) is 6.69. The minimum Gasteiger partial charge on any atom is -0.306 e. The number of hydrogen-bond acceptors (Lipinski definition) is 1. The minimum absolute atomic E-state index is 0.215. The average Bonchev–Trinajstić information content (AvgIpc) is 2.40. The number of benzene rings is 2.